The Bertz CT molecular complexity index is 960. The lowest BCUT2D eigenvalue weighted by atomic mass is 10.2. The zero-order chi connectivity index (χ0) is 16.4. The fraction of sp³-hybridized carbons (Fsp3) is 0.118. The van der Waals surface area contributed by atoms with Crippen LogP contribution in [-0.2, 0) is 0 Å². The summed E-state index contributed by atoms with van der Waals surface area (Å²) in [6.45, 7) is 1.74. The third-order valence-electron chi connectivity index (χ3n) is 3.29. The molecule has 0 saturated carbocycles. The molecule has 0 aliphatic rings. The number of thioether (sulfide) groups is 1. The summed E-state index contributed by atoms with van der Waals surface area (Å²) < 4.78 is 14.6. The maximum absolute atomic E-state index is 13.2. The first-order valence-electron chi connectivity index (χ1n) is 6.94. The number of para-hydroxylation sites is 1. The Morgan fingerprint density at radius 2 is 1.91 bits per heavy atom. The van der Waals surface area contributed by atoms with Crippen molar-refractivity contribution in [3.8, 4) is 11.8 Å². The van der Waals surface area contributed by atoms with E-state index in [4.69, 9.17) is 5.26 Å². The maximum atomic E-state index is 13.2. The third kappa shape index (κ3) is 2.96. The minimum absolute atomic E-state index is 0.241. The quantitative estimate of drug-likeness (QED) is 0.546. The Balaban J connectivity index is 2.30. The number of nitriles is 1. The molecule has 2 aromatic carbocycles. The van der Waals surface area contributed by atoms with Gasteiger partial charge in [-0.15, -0.1) is 0 Å². The second-order valence-electron chi connectivity index (χ2n) is 4.92. The number of fused-ring (bicyclic) bond motifs is 1. The third-order valence-corrected chi connectivity index (χ3v) is 4.24. The Morgan fingerprint density at radius 1 is 1.22 bits per heavy atom. The van der Waals surface area contributed by atoms with Crippen LogP contribution >= 0.6 is 11.8 Å². The van der Waals surface area contributed by atoms with Crippen molar-refractivity contribution in [2.75, 3.05) is 0 Å². The van der Waals surface area contributed by atoms with Gasteiger partial charge in [-0.25, -0.2) is 9.37 Å². The van der Waals surface area contributed by atoms with E-state index in [1.54, 1.807) is 31.2 Å². The van der Waals surface area contributed by atoms with E-state index in [0.29, 0.717) is 21.7 Å². The largest absolute Gasteiger partial charge is 0.268 e. The van der Waals surface area contributed by atoms with Gasteiger partial charge in [0.1, 0.15) is 5.82 Å². The summed E-state index contributed by atoms with van der Waals surface area (Å²) in [6, 6.07) is 14.8. The lowest BCUT2D eigenvalue weighted by Gasteiger charge is -2.13. The van der Waals surface area contributed by atoms with E-state index in [2.05, 4.69) is 11.1 Å². The number of benzene rings is 2. The molecule has 114 valence electrons. The monoisotopic (exact) mass is 325 g/mol. The molecule has 1 aromatic heterocycles. The zero-order valence-electron chi connectivity index (χ0n) is 12.2. The molecule has 4 nitrogen and oxygen atoms in total. The number of aromatic nitrogens is 2. The molecule has 0 bridgehead atoms. The van der Waals surface area contributed by atoms with Crippen LogP contribution < -0.4 is 5.56 Å². The van der Waals surface area contributed by atoms with Crippen molar-refractivity contribution in [2.24, 2.45) is 0 Å². The van der Waals surface area contributed by atoms with E-state index in [1.807, 2.05) is 0 Å². The minimum Gasteiger partial charge on any atom is -0.268 e. The molecule has 3 rings (SSSR count). The molecular weight excluding hydrogens is 313 g/mol. The van der Waals surface area contributed by atoms with E-state index in [1.165, 1.54) is 40.6 Å². The van der Waals surface area contributed by atoms with E-state index in [-0.39, 0.29) is 16.6 Å². The number of nitrogens with zero attached hydrogens (tertiary/aromatic N) is 3. The van der Waals surface area contributed by atoms with E-state index < -0.39 is 0 Å². The lowest BCUT2D eigenvalue weighted by Crippen LogP contribution is -2.22. The summed E-state index contributed by atoms with van der Waals surface area (Å²) in [7, 11) is 0. The molecule has 0 aliphatic carbocycles. The zero-order valence-corrected chi connectivity index (χ0v) is 13.0. The lowest BCUT2D eigenvalue weighted by molar-refractivity contribution is 0.627. The highest BCUT2D eigenvalue weighted by molar-refractivity contribution is 8.00. The first-order valence-corrected chi connectivity index (χ1v) is 7.82. The summed E-state index contributed by atoms with van der Waals surface area (Å²) >= 11 is 1.20. The first kappa shape index (κ1) is 15.3. The molecule has 0 N–H and O–H groups in total. The van der Waals surface area contributed by atoms with Crippen LogP contribution in [0.4, 0.5) is 4.39 Å². The molecule has 0 aliphatic heterocycles. The number of rotatable bonds is 3. The molecule has 6 heteroatoms. The van der Waals surface area contributed by atoms with Gasteiger partial charge >= 0.3 is 0 Å². The maximum Gasteiger partial charge on any atom is 0.266 e. The smallest absolute Gasteiger partial charge is 0.266 e. The van der Waals surface area contributed by atoms with Gasteiger partial charge < -0.3 is 0 Å². The molecule has 0 spiro atoms. The highest BCUT2D eigenvalue weighted by Gasteiger charge is 2.15. The Labute approximate surface area is 136 Å². The van der Waals surface area contributed by atoms with Gasteiger partial charge in [0.15, 0.2) is 5.16 Å². The van der Waals surface area contributed by atoms with E-state index in [9.17, 15) is 9.18 Å². The Morgan fingerprint density at radius 3 is 2.61 bits per heavy atom. The topological polar surface area (TPSA) is 58.7 Å². The van der Waals surface area contributed by atoms with Crippen molar-refractivity contribution in [3.05, 3.63) is 64.7 Å². The van der Waals surface area contributed by atoms with Crippen LogP contribution in [0.15, 0.2) is 58.5 Å². The number of hydrogen-bond donors (Lipinski definition) is 0. The van der Waals surface area contributed by atoms with Gasteiger partial charge in [0.25, 0.3) is 5.56 Å². The van der Waals surface area contributed by atoms with Crippen LogP contribution in [0.2, 0.25) is 0 Å². The summed E-state index contributed by atoms with van der Waals surface area (Å²) in [5, 5.41) is 9.56. The summed E-state index contributed by atoms with van der Waals surface area (Å²) in [4.78, 5) is 17.3. The normalized spacial score (nSPS) is 12.0. The standard InChI is InChI=1S/C17H12FN3OS/c1-11(10-19)23-17-20-15-5-3-2-4-14(15)16(22)21(17)13-8-6-12(18)7-9-13/h2-9,11H,1H3/t11-/m0/s1. The predicted octanol–water partition coefficient (Wildman–Crippen LogP) is 3.53. The van der Waals surface area contributed by atoms with Crippen LogP contribution in [0.3, 0.4) is 0 Å². The molecule has 1 heterocycles. The van der Waals surface area contributed by atoms with Crippen molar-refractivity contribution < 1.29 is 4.39 Å². The average molecular weight is 325 g/mol. The highest BCUT2D eigenvalue weighted by atomic mass is 32.2. The minimum atomic E-state index is -0.379. The van der Waals surface area contributed by atoms with Crippen LogP contribution in [0.1, 0.15) is 6.92 Å². The van der Waals surface area contributed by atoms with Gasteiger partial charge in [-0.05, 0) is 43.3 Å². The fourth-order valence-electron chi connectivity index (χ4n) is 2.19. The molecule has 3 aromatic rings. The van der Waals surface area contributed by atoms with Gasteiger partial charge in [0, 0.05) is 0 Å². The van der Waals surface area contributed by atoms with E-state index >= 15 is 0 Å². The Hall–Kier alpha value is -2.65. The predicted molar refractivity (Wildman–Crippen MR) is 88.2 cm³/mol. The Kier molecular flexibility index (Phi) is 4.13. The molecule has 0 radical (unpaired) electrons. The average Bonchev–Trinajstić information content (AvgIpc) is 2.56. The summed E-state index contributed by atoms with van der Waals surface area (Å²) in [5.74, 6) is -0.379. The molecule has 0 saturated heterocycles. The van der Waals surface area contributed by atoms with Crippen molar-refractivity contribution >= 4 is 22.7 Å². The fourth-order valence-corrected chi connectivity index (χ4v) is 3.01. The second kappa shape index (κ2) is 6.23. The van der Waals surface area contributed by atoms with Crippen molar-refractivity contribution in [2.45, 2.75) is 17.3 Å². The van der Waals surface area contributed by atoms with Gasteiger partial charge in [-0.1, -0.05) is 23.9 Å². The van der Waals surface area contributed by atoms with Gasteiger partial charge in [-0.2, -0.15) is 5.26 Å². The number of halogens is 1. The van der Waals surface area contributed by atoms with Gasteiger partial charge in [0.05, 0.1) is 27.9 Å². The molecule has 0 amide bonds. The van der Waals surface area contributed by atoms with Crippen molar-refractivity contribution in [1.82, 2.24) is 9.55 Å². The van der Waals surface area contributed by atoms with Gasteiger partial charge in [-0.3, -0.25) is 9.36 Å². The first-order chi connectivity index (χ1) is 11.1. The SMILES string of the molecule is C[C@@H](C#N)Sc1nc2ccccc2c(=O)n1-c1ccc(F)cc1. The highest BCUT2D eigenvalue weighted by Crippen LogP contribution is 2.24. The second-order valence-corrected chi connectivity index (χ2v) is 6.23. The summed E-state index contributed by atoms with van der Waals surface area (Å²) in [5.41, 5.74) is 0.848. The molecule has 0 unspecified atom stereocenters. The van der Waals surface area contributed by atoms with Gasteiger partial charge in [0.2, 0.25) is 0 Å². The molecular formula is C17H12FN3OS. The molecule has 0 fully saturated rings. The summed E-state index contributed by atoms with van der Waals surface area (Å²) in [6.07, 6.45) is 0. The van der Waals surface area contributed by atoms with Crippen molar-refractivity contribution in [3.63, 3.8) is 0 Å². The van der Waals surface area contributed by atoms with Crippen LogP contribution in [0.5, 0.6) is 0 Å². The van der Waals surface area contributed by atoms with Crippen LogP contribution in [0.25, 0.3) is 16.6 Å². The van der Waals surface area contributed by atoms with Crippen LogP contribution in [-0.4, -0.2) is 14.8 Å². The van der Waals surface area contributed by atoms with E-state index in [0.717, 1.165) is 0 Å². The van der Waals surface area contributed by atoms with Crippen molar-refractivity contribution in [1.29, 1.82) is 5.26 Å². The molecule has 1 atom stereocenters. The molecule has 23 heavy (non-hydrogen) atoms. The number of hydrogen-bond acceptors (Lipinski definition) is 4. The van der Waals surface area contributed by atoms with Crippen LogP contribution in [0, 0.1) is 17.1 Å².